The number of piperidine rings is 1. The van der Waals surface area contributed by atoms with Crippen LogP contribution in [0.25, 0.3) is 21.8 Å². The van der Waals surface area contributed by atoms with E-state index in [0.717, 1.165) is 38.2 Å². The SMILES string of the molecule is CCn1c2ccccc2c2cc(NC(=O)C(C)N3CCC(C4OCCO4)CC3)ccc21. The van der Waals surface area contributed by atoms with Crippen LogP contribution >= 0.6 is 0 Å². The van der Waals surface area contributed by atoms with Crippen LogP contribution in [0.2, 0.25) is 0 Å². The average Bonchev–Trinajstić information content (AvgIpc) is 3.45. The van der Waals surface area contributed by atoms with Gasteiger partial charge in [0.25, 0.3) is 0 Å². The van der Waals surface area contributed by atoms with E-state index in [2.05, 4.69) is 58.1 Å². The molecule has 0 spiro atoms. The van der Waals surface area contributed by atoms with Crippen LogP contribution in [0.4, 0.5) is 5.69 Å². The molecule has 3 aromatic rings. The number of likely N-dealkylation sites (tertiary alicyclic amines) is 1. The number of aryl methyl sites for hydroxylation is 1. The number of benzene rings is 2. The van der Waals surface area contributed by atoms with Crippen molar-refractivity contribution in [1.82, 2.24) is 9.47 Å². The van der Waals surface area contributed by atoms with Crippen molar-refractivity contribution in [3.05, 3.63) is 42.5 Å². The van der Waals surface area contributed by atoms with E-state index in [1.165, 1.54) is 21.8 Å². The smallest absolute Gasteiger partial charge is 0.241 e. The number of hydrogen-bond donors (Lipinski definition) is 1. The zero-order chi connectivity index (χ0) is 21.4. The van der Waals surface area contributed by atoms with Gasteiger partial charge in [-0.2, -0.15) is 0 Å². The Labute approximate surface area is 183 Å². The van der Waals surface area contributed by atoms with Gasteiger partial charge in [-0.05, 0) is 64.0 Å². The molecule has 1 atom stereocenters. The summed E-state index contributed by atoms with van der Waals surface area (Å²) in [5.41, 5.74) is 3.29. The number of aromatic nitrogens is 1. The van der Waals surface area contributed by atoms with Crippen molar-refractivity contribution in [2.45, 2.75) is 45.6 Å². The van der Waals surface area contributed by atoms with E-state index in [1.54, 1.807) is 0 Å². The first-order valence-corrected chi connectivity index (χ1v) is 11.4. The van der Waals surface area contributed by atoms with E-state index in [-0.39, 0.29) is 18.2 Å². The van der Waals surface area contributed by atoms with Crippen LogP contribution in [0.3, 0.4) is 0 Å². The second-order valence-electron chi connectivity index (χ2n) is 8.64. The summed E-state index contributed by atoms with van der Waals surface area (Å²) in [7, 11) is 0. The minimum Gasteiger partial charge on any atom is -0.350 e. The van der Waals surface area contributed by atoms with Crippen molar-refractivity contribution in [2.24, 2.45) is 5.92 Å². The van der Waals surface area contributed by atoms with E-state index < -0.39 is 0 Å². The molecule has 2 aliphatic rings. The number of amides is 1. The summed E-state index contributed by atoms with van der Waals surface area (Å²) in [6.07, 6.45) is 1.96. The Morgan fingerprint density at radius 2 is 1.77 bits per heavy atom. The highest BCUT2D eigenvalue weighted by atomic mass is 16.7. The van der Waals surface area contributed by atoms with Crippen molar-refractivity contribution in [3.63, 3.8) is 0 Å². The lowest BCUT2D eigenvalue weighted by Crippen LogP contribution is -2.47. The second-order valence-corrected chi connectivity index (χ2v) is 8.64. The van der Waals surface area contributed by atoms with Gasteiger partial charge < -0.3 is 19.4 Å². The lowest BCUT2D eigenvalue weighted by Gasteiger charge is -2.36. The standard InChI is InChI=1S/C25H31N3O3/c1-3-28-22-7-5-4-6-20(22)21-16-19(8-9-23(21)28)26-24(29)17(2)27-12-10-18(11-13-27)25-30-14-15-31-25/h4-9,16-18,25H,3,10-15H2,1-2H3,(H,26,29). The fourth-order valence-corrected chi connectivity index (χ4v) is 5.11. The van der Waals surface area contributed by atoms with Crippen LogP contribution in [0.15, 0.2) is 42.5 Å². The molecule has 6 nitrogen and oxygen atoms in total. The first-order valence-electron chi connectivity index (χ1n) is 11.4. The molecule has 1 aromatic heterocycles. The average molecular weight is 422 g/mol. The molecule has 6 heteroatoms. The second kappa shape index (κ2) is 8.61. The fourth-order valence-electron chi connectivity index (χ4n) is 5.11. The Kier molecular flexibility index (Phi) is 5.69. The van der Waals surface area contributed by atoms with Crippen molar-refractivity contribution in [1.29, 1.82) is 0 Å². The third kappa shape index (κ3) is 3.84. The molecule has 2 aliphatic heterocycles. The topological polar surface area (TPSA) is 55.7 Å². The highest BCUT2D eigenvalue weighted by Crippen LogP contribution is 2.31. The molecule has 31 heavy (non-hydrogen) atoms. The lowest BCUT2D eigenvalue weighted by molar-refractivity contribution is -0.123. The first kappa shape index (κ1) is 20.5. The molecule has 1 N–H and O–H groups in total. The molecule has 0 bridgehead atoms. The molecule has 1 amide bonds. The summed E-state index contributed by atoms with van der Waals surface area (Å²) in [5, 5.41) is 5.55. The van der Waals surface area contributed by atoms with Crippen LogP contribution in [0.5, 0.6) is 0 Å². The maximum atomic E-state index is 13.0. The number of carbonyl (C=O) groups is 1. The highest BCUT2D eigenvalue weighted by molar-refractivity contribution is 6.10. The molecule has 2 saturated heterocycles. The molecule has 0 radical (unpaired) electrons. The first-order chi connectivity index (χ1) is 15.2. The van der Waals surface area contributed by atoms with Crippen molar-refractivity contribution >= 4 is 33.4 Å². The van der Waals surface area contributed by atoms with E-state index >= 15 is 0 Å². The maximum Gasteiger partial charge on any atom is 0.241 e. The molecule has 2 fully saturated rings. The molecular weight excluding hydrogens is 390 g/mol. The van der Waals surface area contributed by atoms with Crippen molar-refractivity contribution in [3.8, 4) is 0 Å². The fraction of sp³-hybridized carbons (Fsp3) is 0.480. The Morgan fingerprint density at radius 1 is 1.06 bits per heavy atom. The predicted molar refractivity (Wildman–Crippen MR) is 123 cm³/mol. The molecular formula is C25H31N3O3. The van der Waals surface area contributed by atoms with Gasteiger partial charge in [0.05, 0.1) is 19.3 Å². The number of anilines is 1. The predicted octanol–water partition coefficient (Wildman–Crippen LogP) is 4.23. The molecule has 3 heterocycles. The van der Waals surface area contributed by atoms with Crippen molar-refractivity contribution < 1.29 is 14.3 Å². The molecule has 5 rings (SSSR count). The number of ether oxygens (including phenoxy) is 2. The number of para-hydroxylation sites is 1. The summed E-state index contributed by atoms with van der Waals surface area (Å²) in [5.74, 6) is 0.484. The van der Waals surface area contributed by atoms with Crippen LogP contribution in [0.1, 0.15) is 26.7 Å². The van der Waals surface area contributed by atoms with Gasteiger partial charge in [-0.15, -0.1) is 0 Å². The Bertz CT molecular complexity index is 1080. The summed E-state index contributed by atoms with van der Waals surface area (Å²) >= 11 is 0. The lowest BCUT2D eigenvalue weighted by atomic mass is 9.95. The summed E-state index contributed by atoms with van der Waals surface area (Å²) in [6.45, 7) is 8.27. The Hall–Kier alpha value is -2.41. The summed E-state index contributed by atoms with van der Waals surface area (Å²) < 4.78 is 13.7. The van der Waals surface area contributed by atoms with Crippen LogP contribution in [-0.4, -0.2) is 54.0 Å². The Balaban J connectivity index is 1.28. The minimum atomic E-state index is -0.168. The minimum absolute atomic E-state index is 0.0467. The van der Waals surface area contributed by atoms with Crippen LogP contribution < -0.4 is 5.32 Å². The summed E-state index contributed by atoms with van der Waals surface area (Å²) in [4.78, 5) is 15.3. The third-order valence-corrected chi connectivity index (χ3v) is 6.89. The number of fused-ring (bicyclic) bond motifs is 3. The molecule has 0 aliphatic carbocycles. The molecule has 164 valence electrons. The number of carbonyl (C=O) groups excluding carboxylic acids is 1. The molecule has 2 aromatic carbocycles. The quantitative estimate of drug-likeness (QED) is 0.670. The van der Waals surface area contributed by atoms with Crippen LogP contribution in [-0.2, 0) is 20.8 Å². The van der Waals surface area contributed by atoms with Gasteiger partial charge in [0.1, 0.15) is 0 Å². The highest BCUT2D eigenvalue weighted by Gasteiger charge is 2.33. The van der Waals surface area contributed by atoms with Gasteiger partial charge in [-0.25, -0.2) is 0 Å². The van der Waals surface area contributed by atoms with E-state index in [4.69, 9.17) is 9.47 Å². The van der Waals surface area contributed by atoms with Gasteiger partial charge in [0.15, 0.2) is 6.29 Å². The number of rotatable bonds is 5. The number of nitrogens with zero attached hydrogens (tertiary/aromatic N) is 2. The zero-order valence-electron chi connectivity index (χ0n) is 18.3. The monoisotopic (exact) mass is 421 g/mol. The number of hydrogen-bond acceptors (Lipinski definition) is 4. The Morgan fingerprint density at radius 3 is 2.52 bits per heavy atom. The van der Waals surface area contributed by atoms with Crippen molar-refractivity contribution in [2.75, 3.05) is 31.6 Å². The van der Waals surface area contributed by atoms with Gasteiger partial charge in [0.2, 0.25) is 5.91 Å². The molecule has 1 unspecified atom stereocenters. The van der Waals surface area contributed by atoms with Gasteiger partial charge in [-0.3, -0.25) is 9.69 Å². The normalized spacial score (nSPS) is 19.9. The third-order valence-electron chi connectivity index (χ3n) is 6.89. The maximum absolute atomic E-state index is 13.0. The van der Waals surface area contributed by atoms with Gasteiger partial charge >= 0.3 is 0 Å². The largest absolute Gasteiger partial charge is 0.350 e. The molecule has 0 saturated carbocycles. The van der Waals surface area contributed by atoms with Gasteiger partial charge in [-0.1, -0.05) is 18.2 Å². The summed E-state index contributed by atoms with van der Waals surface area (Å²) in [6, 6.07) is 14.5. The van der Waals surface area contributed by atoms with E-state index in [1.807, 2.05) is 13.0 Å². The zero-order valence-corrected chi connectivity index (χ0v) is 18.3. The van der Waals surface area contributed by atoms with Crippen LogP contribution in [0, 0.1) is 5.92 Å². The van der Waals surface area contributed by atoms with Gasteiger partial charge in [0, 0.05) is 40.0 Å². The van der Waals surface area contributed by atoms with E-state index in [0.29, 0.717) is 19.1 Å². The van der Waals surface area contributed by atoms with E-state index in [9.17, 15) is 4.79 Å². The number of nitrogens with one attached hydrogen (secondary N) is 1.